The summed E-state index contributed by atoms with van der Waals surface area (Å²) < 4.78 is 10.8. The van der Waals surface area contributed by atoms with Crippen molar-refractivity contribution in [3.05, 3.63) is 47.2 Å². The zero-order valence-corrected chi connectivity index (χ0v) is 11.5. The Balaban J connectivity index is 2.34. The maximum absolute atomic E-state index is 10.9. The zero-order valence-electron chi connectivity index (χ0n) is 11.5. The third-order valence-corrected chi connectivity index (χ3v) is 2.78. The van der Waals surface area contributed by atoms with Crippen LogP contribution in [0.5, 0.6) is 17.4 Å². The minimum absolute atomic E-state index is 0.0895. The number of rotatable bonds is 4. The van der Waals surface area contributed by atoms with Gasteiger partial charge in [0.2, 0.25) is 5.88 Å². The van der Waals surface area contributed by atoms with E-state index in [-0.39, 0.29) is 11.4 Å². The van der Waals surface area contributed by atoms with Gasteiger partial charge in [-0.25, -0.2) is 9.78 Å². The van der Waals surface area contributed by atoms with E-state index < -0.39 is 5.97 Å². The number of pyridine rings is 1. The zero-order chi connectivity index (χ0) is 15.4. The monoisotopic (exact) mass is 284 g/mol. The lowest BCUT2D eigenvalue weighted by atomic mass is 10.2. The molecular formula is C15H12N2O4. The fraction of sp³-hybridized carbons (Fsp3) is 0.133. The second kappa shape index (κ2) is 5.92. The summed E-state index contributed by atoms with van der Waals surface area (Å²) in [5.74, 6) is 0.0313. The van der Waals surface area contributed by atoms with Crippen LogP contribution in [-0.4, -0.2) is 23.2 Å². The number of aryl methyl sites for hydroxylation is 1. The fourth-order valence-corrected chi connectivity index (χ4v) is 1.71. The van der Waals surface area contributed by atoms with E-state index in [1.807, 2.05) is 6.07 Å². The summed E-state index contributed by atoms with van der Waals surface area (Å²) in [5, 5.41) is 17.7. The van der Waals surface area contributed by atoms with Gasteiger partial charge in [-0.05, 0) is 25.1 Å². The van der Waals surface area contributed by atoms with Gasteiger partial charge in [0.05, 0.1) is 24.3 Å². The molecule has 0 atom stereocenters. The topological polar surface area (TPSA) is 92.4 Å². The van der Waals surface area contributed by atoms with Gasteiger partial charge < -0.3 is 14.6 Å². The molecular weight excluding hydrogens is 272 g/mol. The molecule has 1 N–H and O–H groups in total. The summed E-state index contributed by atoms with van der Waals surface area (Å²) in [6, 6.07) is 8.23. The molecule has 0 aliphatic carbocycles. The molecule has 0 aliphatic rings. The van der Waals surface area contributed by atoms with Crippen molar-refractivity contribution in [3.63, 3.8) is 0 Å². The van der Waals surface area contributed by atoms with E-state index in [2.05, 4.69) is 4.98 Å². The lowest BCUT2D eigenvalue weighted by Gasteiger charge is -2.11. The van der Waals surface area contributed by atoms with E-state index in [4.69, 9.17) is 19.8 Å². The van der Waals surface area contributed by atoms with E-state index in [1.54, 1.807) is 25.1 Å². The number of hydrogen-bond acceptors (Lipinski definition) is 5. The first-order chi connectivity index (χ1) is 10.0. The molecule has 0 aliphatic heterocycles. The molecule has 1 aromatic carbocycles. The van der Waals surface area contributed by atoms with Crippen LogP contribution < -0.4 is 9.47 Å². The van der Waals surface area contributed by atoms with Gasteiger partial charge in [0.15, 0.2) is 11.5 Å². The van der Waals surface area contributed by atoms with Crippen LogP contribution >= 0.6 is 0 Å². The molecule has 106 valence electrons. The molecule has 0 spiro atoms. The molecule has 1 heterocycles. The van der Waals surface area contributed by atoms with Crippen LogP contribution in [0.15, 0.2) is 30.5 Å². The van der Waals surface area contributed by atoms with Gasteiger partial charge in [0.25, 0.3) is 0 Å². The molecule has 0 bridgehead atoms. The predicted molar refractivity (Wildman–Crippen MR) is 73.7 cm³/mol. The number of aromatic carboxylic acids is 1. The highest BCUT2D eigenvalue weighted by atomic mass is 16.5. The number of carboxylic acid groups (broad SMARTS) is 1. The Bertz CT molecular complexity index is 735. The summed E-state index contributed by atoms with van der Waals surface area (Å²) in [7, 11) is 1.47. The van der Waals surface area contributed by atoms with Crippen molar-refractivity contribution in [2.45, 2.75) is 6.92 Å². The van der Waals surface area contributed by atoms with Crippen LogP contribution in [0.1, 0.15) is 21.5 Å². The highest BCUT2D eigenvalue weighted by Gasteiger charge is 2.12. The molecule has 2 rings (SSSR count). The molecule has 0 fully saturated rings. The normalized spacial score (nSPS) is 9.76. The largest absolute Gasteiger partial charge is 0.493 e. The summed E-state index contributed by atoms with van der Waals surface area (Å²) >= 11 is 0. The van der Waals surface area contributed by atoms with Gasteiger partial charge in [-0.15, -0.1) is 0 Å². The first kappa shape index (κ1) is 14.3. The minimum atomic E-state index is -1.05. The van der Waals surface area contributed by atoms with E-state index >= 15 is 0 Å². The summed E-state index contributed by atoms with van der Waals surface area (Å²) in [6.07, 6.45) is 1.22. The van der Waals surface area contributed by atoms with Crippen molar-refractivity contribution in [1.29, 1.82) is 5.26 Å². The van der Waals surface area contributed by atoms with Crippen LogP contribution in [0.2, 0.25) is 0 Å². The average Bonchev–Trinajstić information content (AvgIpc) is 2.49. The molecule has 0 unspecified atom stereocenters. The highest BCUT2D eigenvalue weighted by molar-refractivity contribution is 5.87. The molecule has 6 nitrogen and oxygen atoms in total. The Hall–Kier alpha value is -3.07. The summed E-state index contributed by atoms with van der Waals surface area (Å²) in [4.78, 5) is 14.9. The van der Waals surface area contributed by atoms with Crippen molar-refractivity contribution in [3.8, 4) is 23.4 Å². The van der Waals surface area contributed by atoms with Gasteiger partial charge in [-0.1, -0.05) is 0 Å². The third kappa shape index (κ3) is 3.09. The molecule has 21 heavy (non-hydrogen) atoms. The quantitative estimate of drug-likeness (QED) is 0.928. The number of ether oxygens (including phenoxy) is 2. The maximum Gasteiger partial charge on any atom is 0.337 e. The Morgan fingerprint density at radius 3 is 2.67 bits per heavy atom. The van der Waals surface area contributed by atoms with Crippen LogP contribution in [0.4, 0.5) is 0 Å². The summed E-state index contributed by atoms with van der Waals surface area (Å²) in [5.41, 5.74) is 1.12. The smallest absolute Gasteiger partial charge is 0.337 e. The third-order valence-electron chi connectivity index (χ3n) is 2.78. The number of methoxy groups -OCH3 is 1. The van der Waals surface area contributed by atoms with Crippen molar-refractivity contribution in [2.75, 3.05) is 7.11 Å². The van der Waals surface area contributed by atoms with Crippen LogP contribution in [0, 0.1) is 18.3 Å². The predicted octanol–water partition coefficient (Wildman–Crippen LogP) is 2.76. The summed E-state index contributed by atoms with van der Waals surface area (Å²) in [6.45, 7) is 1.70. The lowest BCUT2D eigenvalue weighted by molar-refractivity contribution is 0.0696. The number of nitriles is 1. The van der Waals surface area contributed by atoms with Gasteiger partial charge in [0.1, 0.15) is 0 Å². The lowest BCUT2D eigenvalue weighted by Crippen LogP contribution is -2.00. The van der Waals surface area contributed by atoms with Crippen LogP contribution in [-0.2, 0) is 0 Å². The highest BCUT2D eigenvalue weighted by Crippen LogP contribution is 2.32. The van der Waals surface area contributed by atoms with Crippen LogP contribution in [0.25, 0.3) is 0 Å². The number of hydrogen-bond donors (Lipinski definition) is 1. The fourth-order valence-electron chi connectivity index (χ4n) is 1.71. The van der Waals surface area contributed by atoms with E-state index in [0.29, 0.717) is 22.6 Å². The van der Waals surface area contributed by atoms with Gasteiger partial charge in [0, 0.05) is 17.8 Å². The van der Waals surface area contributed by atoms with Gasteiger partial charge in [-0.3, -0.25) is 0 Å². The molecule has 0 radical (unpaired) electrons. The Labute approximate surface area is 121 Å². The Morgan fingerprint density at radius 2 is 2.10 bits per heavy atom. The van der Waals surface area contributed by atoms with Crippen LogP contribution in [0.3, 0.4) is 0 Å². The molecule has 6 heteroatoms. The van der Waals surface area contributed by atoms with Crippen molar-refractivity contribution in [1.82, 2.24) is 4.98 Å². The SMILES string of the molecule is COc1cc(C#N)ccc1Oc1ncc(C(=O)O)cc1C. The molecule has 1 aromatic heterocycles. The molecule has 2 aromatic rings. The van der Waals surface area contributed by atoms with Crippen molar-refractivity contribution >= 4 is 5.97 Å². The molecule has 0 saturated heterocycles. The number of nitrogens with zero attached hydrogens (tertiary/aromatic N) is 2. The number of benzene rings is 1. The van der Waals surface area contributed by atoms with Gasteiger partial charge in [-0.2, -0.15) is 5.26 Å². The van der Waals surface area contributed by atoms with E-state index in [9.17, 15) is 4.79 Å². The Kier molecular flexibility index (Phi) is 4.05. The average molecular weight is 284 g/mol. The second-order valence-corrected chi connectivity index (χ2v) is 4.23. The molecule has 0 saturated carbocycles. The maximum atomic E-state index is 10.9. The Morgan fingerprint density at radius 1 is 1.33 bits per heavy atom. The minimum Gasteiger partial charge on any atom is -0.493 e. The first-order valence-electron chi connectivity index (χ1n) is 6.01. The number of carbonyl (C=O) groups is 1. The molecule has 0 amide bonds. The van der Waals surface area contributed by atoms with Crippen molar-refractivity contribution in [2.24, 2.45) is 0 Å². The van der Waals surface area contributed by atoms with Crippen molar-refractivity contribution < 1.29 is 19.4 Å². The van der Waals surface area contributed by atoms with E-state index in [0.717, 1.165) is 0 Å². The standard InChI is InChI=1S/C15H12N2O4/c1-9-5-11(15(18)19)8-17-14(9)21-12-4-3-10(7-16)6-13(12)20-2/h3-6,8H,1-2H3,(H,18,19). The second-order valence-electron chi connectivity index (χ2n) is 4.23. The number of aromatic nitrogens is 1. The first-order valence-corrected chi connectivity index (χ1v) is 6.01. The van der Waals surface area contributed by atoms with E-state index in [1.165, 1.54) is 19.4 Å². The van der Waals surface area contributed by atoms with Gasteiger partial charge >= 0.3 is 5.97 Å². The number of carboxylic acids is 1.